The van der Waals surface area contributed by atoms with E-state index in [1.165, 1.54) is 0 Å². The summed E-state index contributed by atoms with van der Waals surface area (Å²) in [5.74, 6) is 1.15. The molecule has 0 atom stereocenters. The molecule has 132 valence electrons. The molecule has 0 saturated heterocycles. The lowest BCUT2D eigenvalue weighted by atomic mass is 10.2. The van der Waals surface area contributed by atoms with Crippen LogP contribution in [0.4, 0.5) is 23.1 Å². The summed E-state index contributed by atoms with van der Waals surface area (Å²) in [6.45, 7) is 0. The van der Waals surface area contributed by atoms with Crippen LogP contribution in [-0.4, -0.2) is 30.4 Å². The second-order valence-electron chi connectivity index (χ2n) is 5.91. The van der Waals surface area contributed by atoms with Gasteiger partial charge in [0.2, 0.25) is 5.95 Å². The molecule has 0 saturated carbocycles. The number of aromatic nitrogens is 6. The third-order valence-corrected chi connectivity index (χ3v) is 4.74. The Morgan fingerprint density at radius 1 is 0.963 bits per heavy atom. The fraction of sp³-hybridized carbons (Fsp3) is 0. The Hall–Kier alpha value is -3.46. The number of benzene rings is 2. The van der Waals surface area contributed by atoms with Gasteiger partial charge in [0.25, 0.3) is 0 Å². The molecule has 0 aliphatic rings. The van der Waals surface area contributed by atoms with E-state index in [9.17, 15) is 0 Å². The number of hydrogen-bond acceptors (Lipinski definition) is 6. The van der Waals surface area contributed by atoms with Crippen LogP contribution in [0.3, 0.4) is 0 Å². The number of halogens is 1. The van der Waals surface area contributed by atoms with Crippen molar-refractivity contribution in [1.29, 1.82) is 0 Å². The van der Waals surface area contributed by atoms with Gasteiger partial charge in [0.05, 0.1) is 4.47 Å². The molecule has 0 aliphatic heterocycles. The van der Waals surface area contributed by atoms with Crippen LogP contribution in [-0.2, 0) is 0 Å². The molecule has 0 spiro atoms. The average molecular weight is 421 g/mol. The van der Waals surface area contributed by atoms with Crippen molar-refractivity contribution in [2.24, 2.45) is 0 Å². The molecule has 3 aromatic heterocycles. The molecule has 27 heavy (non-hydrogen) atoms. The summed E-state index contributed by atoms with van der Waals surface area (Å²) in [7, 11) is 0. The van der Waals surface area contributed by atoms with Crippen molar-refractivity contribution < 1.29 is 0 Å². The highest BCUT2D eigenvalue weighted by atomic mass is 79.9. The van der Waals surface area contributed by atoms with E-state index in [0.29, 0.717) is 11.8 Å². The summed E-state index contributed by atoms with van der Waals surface area (Å²) in [6, 6.07) is 13.7. The van der Waals surface area contributed by atoms with Crippen LogP contribution in [0.2, 0.25) is 0 Å². The maximum atomic E-state index is 4.59. The predicted molar refractivity (Wildman–Crippen MR) is 108 cm³/mol. The van der Waals surface area contributed by atoms with Gasteiger partial charge >= 0.3 is 0 Å². The lowest BCUT2D eigenvalue weighted by molar-refractivity contribution is 0.959. The molecule has 0 bridgehead atoms. The van der Waals surface area contributed by atoms with Crippen molar-refractivity contribution in [1.82, 2.24) is 30.4 Å². The SMILES string of the molecule is Brc1cnc(Nc2ccc3n[nH]nc3c2)nc1Nc1cccc2[nH]ccc12. The summed E-state index contributed by atoms with van der Waals surface area (Å²) in [4.78, 5) is 12.1. The molecular formula is C18H13BrN8. The zero-order valence-electron chi connectivity index (χ0n) is 13.9. The lowest BCUT2D eigenvalue weighted by Gasteiger charge is -2.11. The van der Waals surface area contributed by atoms with Crippen LogP contribution in [0.15, 0.2) is 59.3 Å². The molecule has 8 nitrogen and oxygen atoms in total. The smallest absolute Gasteiger partial charge is 0.229 e. The van der Waals surface area contributed by atoms with Crippen molar-refractivity contribution in [3.05, 3.63) is 59.3 Å². The van der Waals surface area contributed by atoms with E-state index in [1.54, 1.807) is 6.20 Å². The van der Waals surface area contributed by atoms with Crippen molar-refractivity contribution in [2.75, 3.05) is 10.6 Å². The quantitative estimate of drug-likeness (QED) is 0.341. The summed E-state index contributed by atoms with van der Waals surface area (Å²) < 4.78 is 0.771. The van der Waals surface area contributed by atoms with Gasteiger partial charge < -0.3 is 15.6 Å². The van der Waals surface area contributed by atoms with E-state index < -0.39 is 0 Å². The van der Waals surface area contributed by atoms with Gasteiger partial charge in [0.1, 0.15) is 16.9 Å². The fourth-order valence-electron chi connectivity index (χ4n) is 2.88. The third-order valence-electron chi connectivity index (χ3n) is 4.16. The Kier molecular flexibility index (Phi) is 3.72. The Morgan fingerprint density at radius 3 is 2.85 bits per heavy atom. The summed E-state index contributed by atoms with van der Waals surface area (Å²) in [6.07, 6.45) is 3.63. The number of hydrogen-bond donors (Lipinski definition) is 4. The van der Waals surface area contributed by atoms with Gasteiger partial charge in [-0.1, -0.05) is 6.07 Å². The maximum Gasteiger partial charge on any atom is 0.229 e. The van der Waals surface area contributed by atoms with Gasteiger partial charge in [-0.25, -0.2) is 4.98 Å². The van der Waals surface area contributed by atoms with E-state index in [0.717, 1.165) is 37.8 Å². The molecule has 0 unspecified atom stereocenters. The highest BCUT2D eigenvalue weighted by Crippen LogP contribution is 2.29. The molecule has 5 rings (SSSR count). The van der Waals surface area contributed by atoms with Gasteiger partial charge in [-0.3, -0.25) is 0 Å². The van der Waals surface area contributed by atoms with Crippen molar-refractivity contribution in [2.45, 2.75) is 0 Å². The van der Waals surface area contributed by atoms with Crippen LogP contribution in [0.1, 0.15) is 0 Å². The summed E-state index contributed by atoms with van der Waals surface area (Å²) in [5, 5.41) is 18.4. The molecule has 4 N–H and O–H groups in total. The number of fused-ring (bicyclic) bond motifs is 2. The van der Waals surface area contributed by atoms with E-state index in [4.69, 9.17) is 0 Å². The van der Waals surface area contributed by atoms with Crippen LogP contribution < -0.4 is 10.6 Å². The van der Waals surface area contributed by atoms with Crippen LogP contribution in [0.25, 0.3) is 21.9 Å². The highest BCUT2D eigenvalue weighted by Gasteiger charge is 2.09. The summed E-state index contributed by atoms with van der Waals surface area (Å²) in [5.41, 5.74) is 4.43. The zero-order valence-corrected chi connectivity index (χ0v) is 15.4. The number of anilines is 4. The minimum Gasteiger partial charge on any atom is -0.361 e. The molecule has 0 aliphatic carbocycles. The molecule has 2 aromatic carbocycles. The zero-order chi connectivity index (χ0) is 18.2. The largest absolute Gasteiger partial charge is 0.361 e. The normalized spacial score (nSPS) is 11.1. The number of aromatic amines is 2. The fourth-order valence-corrected chi connectivity index (χ4v) is 3.17. The molecule has 0 radical (unpaired) electrons. The van der Waals surface area contributed by atoms with E-state index >= 15 is 0 Å². The maximum absolute atomic E-state index is 4.59. The minimum absolute atomic E-state index is 0.477. The monoisotopic (exact) mass is 420 g/mol. The molecule has 0 fully saturated rings. The van der Waals surface area contributed by atoms with Crippen LogP contribution >= 0.6 is 15.9 Å². The first-order valence-electron chi connectivity index (χ1n) is 8.19. The first-order chi connectivity index (χ1) is 13.3. The third kappa shape index (κ3) is 2.97. The number of nitrogens with one attached hydrogen (secondary N) is 4. The lowest BCUT2D eigenvalue weighted by Crippen LogP contribution is -2.01. The van der Waals surface area contributed by atoms with Gasteiger partial charge in [0.15, 0.2) is 0 Å². The Bertz CT molecular complexity index is 1260. The van der Waals surface area contributed by atoms with Crippen LogP contribution in [0.5, 0.6) is 0 Å². The Balaban J connectivity index is 1.46. The average Bonchev–Trinajstić information content (AvgIpc) is 3.33. The molecule has 3 heterocycles. The Morgan fingerprint density at radius 2 is 1.89 bits per heavy atom. The van der Waals surface area contributed by atoms with Crippen molar-refractivity contribution >= 4 is 61.0 Å². The van der Waals surface area contributed by atoms with Crippen molar-refractivity contribution in [3.8, 4) is 0 Å². The van der Waals surface area contributed by atoms with E-state index in [2.05, 4.69) is 56.9 Å². The van der Waals surface area contributed by atoms with E-state index in [1.807, 2.05) is 48.7 Å². The Labute approximate surface area is 161 Å². The predicted octanol–water partition coefficient (Wildman–Crippen LogP) is 4.48. The van der Waals surface area contributed by atoms with Gasteiger partial charge in [-0.2, -0.15) is 20.4 Å². The first kappa shape index (κ1) is 15.8. The minimum atomic E-state index is 0.477. The second kappa shape index (κ2) is 6.36. The standard InChI is InChI=1S/C18H13BrN8/c19-12-9-21-18(22-10-4-5-15-16(8-10)26-27-25-15)24-17(12)23-14-3-1-2-13-11(14)6-7-20-13/h1-9,20H,(H,25,26,27)(H2,21,22,23,24). The molecule has 0 amide bonds. The van der Waals surface area contributed by atoms with Gasteiger partial charge in [-0.15, -0.1) is 0 Å². The second-order valence-corrected chi connectivity index (χ2v) is 6.77. The number of H-pyrrole nitrogens is 2. The van der Waals surface area contributed by atoms with Gasteiger partial charge in [-0.05, 0) is 52.3 Å². The van der Waals surface area contributed by atoms with Gasteiger partial charge in [0, 0.05) is 34.7 Å². The van der Waals surface area contributed by atoms with E-state index in [-0.39, 0.29) is 0 Å². The van der Waals surface area contributed by atoms with Crippen LogP contribution in [0, 0.1) is 0 Å². The first-order valence-corrected chi connectivity index (χ1v) is 8.99. The molecular weight excluding hydrogens is 408 g/mol. The number of rotatable bonds is 4. The number of nitrogens with zero attached hydrogens (tertiary/aromatic N) is 4. The molecule has 9 heteroatoms. The topological polar surface area (TPSA) is 107 Å². The molecule has 5 aromatic rings. The summed E-state index contributed by atoms with van der Waals surface area (Å²) >= 11 is 3.51. The van der Waals surface area contributed by atoms with Crippen molar-refractivity contribution in [3.63, 3.8) is 0 Å². The highest BCUT2D eigenvalue weighted by molar-refractivity contribution is 9.10.